The summed E-state index contributed by atoms with van der Waals surface area (Å²) >= 11 is 0. The molecule has 1 fully saturated rings. The standard InChI is InChI=1S/C12H14N4O3/c17-10(14-7-8-3-1-2-6-13-8)5-4-9-11(18)16-12(19)15-9/h1-3,6,9H,4-5,7H2,(H,14,17)(H2,15,16,18,19). The highest BCUT2D eigenvalue weighted by atomic mass is 16.2. The lowest BCUT2D eigenvalue weighted by molar-refractivity contribution is -0.122. The molecule has 0 saturated carbocycles. The zero-order valence-corrected chi connectivity index (χ0v) is 10.2. The topological polar surface area (TPSA) is 100 Å². The van der Waals surface area contributed by atoms with Gasteiger partial charge in [-0.2, -0.15) is 0 Å². The molecular weight excluding hydrogens is 248 g/mol. The van der Waals surface area contributed by atoms with Crippen LogP contribution in [0.1, 0.15) is 18.5 Å². The Morgan fingerprint density at radius 1 is 1.37 bits per heavy atom. The van der Waals surface area contributed by atoms with Gasteiger partial charge in [-0.15, -0.1) is 0 Å². The molecule has 19 heavy (non-hydrogen) atoms. The van der Waals surface area contributed by atoms with Crippen LogP contribution in [0.5, 0.6) is 0 Å². The van der Waals surface area contributed by atoms with Gasteiger partial charge in [0, 0.05) is 12.6 Å². The summed E-state index contributed by atoms with van der Waals surface area (Å²) in [7, 11) is 0. The molecule has 1 aliphatic rings. The number of carbonyl (C=O) groups is 3. The van der Waals surface area contributed by atoms with E-state index >= 15 is 0 Å². The molecule has 1 saturated heterocycles. The maximum absolute atomic E-state index is 11.6. The minimum Gasteiger partial charge on any atom is -0.350 e. The molecule has 2 rings (SSSR count). The molecule has 0 spiro atoms. The fraction of sp³-hybridized carbons (Fsp3) is 0.333. The highest BCUT2D eigenvalue weighted by Gasteiger charge is 2.29. The van der Waals surface area contributed by atoms with E-state index in [0.29, 0.717) is 6.54 Å². The van der Waals surface area contributed by atoms with Gasteiger partial charge in [0.25, 0.3) is 5.91 Å². The number of imide groups is 1. The summed E-state index contributed by atoms with van der Waals surface area (Å²) in [5, 5.41) is 7.26. The van der Waals surface area contributed by atoms with Crippen molar-refractivity contribution in [2.45, 2.75) is 25.4 Å². The molecule has 4 amide bonds. The van der Waals surface area contributed by atoms with E-state index in [4.69, 9.17) is 0 Å². The van der Waals surface area contributed by atoms with Crippen LogP contribution in [0.25, 0.3) is 0 Å². The van der Waals surface area contributed by atoms with E-state index in [0.717, 1.165) is 5.69 Å². The molecule has 0 aromatic carbocycles. The van der Waals surface area contributed by atoms with Crippen LogP contribution in [-0.2, 0) is 16.1 Å². The Hall–Kier alpha value is -2.44. The fourth-order valence-electron chi connectivity index (χ4n) is 1.72. The van der Waals surface area contributed by atoms with Crippen LogP contribution < -0.4 is 16.0 Å². The molecule has 2 heterocycles. The number of carbonyl (C=O) groups excluding carboxylic acids is 3. The van der Waals surface area contributed by atoms with Gasteiger partial charge in [0.1, 0.15) is 6.04 Å². The zero-order valence-electron chi connectivity index (χ0n) is 10.2. The third-order valence-corrected chi connectivity index (χ3v) is 2.71. The summed E-state index contributed by atoms with van der Waals surface area (Å²) in [5.41, 5.74) is 0.766. The first-order chi connectivity index (χ1) is 9.15. The minimum absolute atomic E-state index is 0.172. The van der Waals surface area contributed by atoms with Crippen LogP contribution >= 0.6 is 0 Å². The Bertz CT molecular complexity index is 489. The highest BCUT2D eigenvalue weighted by Crippen LogP contribution is 2.02. The number of aromatic nitrogens is 1. The van der Waals surface area contributed by atoms with Crippen molar-refractivity contribution in [2.75, 3.05) is 0 Å². The fourth-order valence-corrected chi connectivity index (χ4v) is 1.72. The van der Waals surface area contributed by atoms with Gasteiger partial charge in [-0.05, 0) is 18.6 Å². The Morgan fingerprint density at radius 2 is 2.21 bits per heavy atom. The largest absolute Gasteiger partial charge is 0.350 e. The van der Waals surface area contributed by atoms with Crippen molar-refractivity contribution in [1.29, 1.82) is 0 Å². The van der Waals surface area contributed by atoms with Crippen molar-refractivity contribution in [3.63, 3.8) is 0 Å². The third-order valence-electron chi connectivity index (χ3n) is 2.71. The maximum Gasteiger partial charge on any atom is 0.322 e. The van der Waals surface area contributed by atoms with Gasteiger partial charge in [0.05, 0.1) is 12.2 Å². The smallest absolute Gasteiger partial charge is 0.322 e. The van der Waals surface area contributed by atoms with Crippen molar-refractivity contribution < 1.29 is 14.4 Å². The van der Waals surface area contributed by atoms with Gasteiger partial charge in [0.2, 0.25) is 5.91 Å². The number of nitrogens with one attached hydrogen (secondary N) is 3. The van der Waals surface area contributed by atoms with Crippen molar-refractivity contribution in [3.8, 4) is 0 Å². The average molecular weight is 262 g/mol. The van der Waals surface area contributed by atoms with Crippen molar-refractivity contribution in [2.24, 2.45) is 0 Å². The number of hydrogen-bond acceptors (Lipinski definition) is 4. The molecule has 1 unspecified atom stereocenters. The SMILES string of the molecule is O=C(CCC1NC(=O)NC1=O)NCc1ccccn1. The van der Waals surface area contributed by atoms with Gasteiger partial charge in [-0.3, -0.25) is 19.9 Å². The number of nitrogens with zero attached hydrogens (tertiary/aromatic N) is 1. The van der Waals surface area contributed by atoms with E-state index in [1.807, 2.05) is 12.1 Å². The van der Waals surface area contributed by atoms with Crippen LogP contribution in [0.2, 0.25) is 0 Å². The third kappa shape index (κ3) is 3.77. The summed E-state index contributed by atoms with van der Waals surface area (Å²) in [5.74, 6) is -0.567. The molecule has 0 aliphatic carbocycles. The van der Waals surface area contributed by atoms with Gasteiger partial charge < -0.3 is 10.6 Å². The van der Waals surface area contributed by atoms with E-state index < -0.39 is 12.1 Å². The maximum atomic E-state index is 11.6. The Labute approximate surface area is 109 Å². The second-order valence-corrected chi connectivity index (χ2v) is 4.15. The number of hydrogen-bond donors (Lipinski definition) is 3. The summed E-state index contributed by atoms with van der Waals surface area (Å²) < 4.78 is 0. The van der Waals surface area contributed by atoms with Crippen LogP contribution in [0.3, 0.4) is 0 Å². The average Bonchev–Trinajstić information content (AvgIpc) is 2.73. The lowest BCUT2D eigenvalue weighted by atomic mass is 10.1. The van der Waals surface area contributed by atoms with Crippen LogP contribution in [-0.4, -0.2) is 28.9 Å². The predicted octanol–water partition coefficient (Wildman–Crippen LogP) is -0.314. The Morgan fingerprint density at radius 3 is 2.84 bits per heavy atom. The van der Waals surface area contributed by atoms with Crippen molar-refractivity contribution in [1.82, 2.24) is 20.9 Å². The summed E-state index contributed by atoms with van der Waals surface area (Å²) in [6.45, 7) is 0.350. The molecule has 0 radical (unpaired) electrons. The van der Waals surface area contributed by atoms with Gasteiger partial charge >= 0.3 is 6.03 Å². The molecular formula is C12H14N4O3. The first kappa shape index (κ1) is 13.0. The Balaban J connectivity index is 1.70. The van der Waals surface area contributed by atoms with Crippen LogP contribution in [0, 0.1) is 0 Å². The van der Waals surface area contributed by atoms with Crippen molar-refractivity contribution >= 4 is 17.8 Å². The van der Waals surface area contributed by atoms with E-state index in [2.05, 4.69) is 20.9 Å². The number of pyridine rings is 1. The zero-order chi connectivity index (χ0) is 13.7. The summed E-state index contributed by atoms with van der Waals surface area (Å²) in [6.07, 6.45) is 2.11. The molecule has 3 N–H and O–H groups in total. The van der Waals surface area contributed by atoms with Crippen LogP contribution in [0.15, 0.2) is 24.4 Å². The first-order valence-corrected chi connectivity index (χ1v) is 5.93. The molecule has 1 atom stereocenters. The number of amides is 4. The molecule has 1 aromatic heterocycles. The first-order valence-electron chi connectivity index (χ1n) is 5.93. The van der Waals surface area contributed by atoms with E-state index in [9.17, 15) is 14.4 Å². The minimum atomic E-state index is -0.617. The lowest BCUT2D eigenvalue weighted by Crippen LogP contribution is -2.31. The molecule has 0 bridgehead atoms. The molecule has 1 aromatic rings. The van der Waals surface area contributed by atoms with Gasteiger partial charge in [0.15, 0.2) is 0 Å². The molecule has 7 heteroatoms. The number of urea groups is 1. The van der Waals surface area contributed by atoms with Gasteiger partial charge in [-0.1, -0.05) is 6.07 Å². The van der Waals surface area contributed by atoms with E-state index in [1.54, 1.807) is 12.3 Å². The predicted molar refractivity (Wildman–Crippen MR) is 65.8 cm³/mol. The lowest BCUT2D eigenvalue weighted by Gasteiger charge is -2.07. The highest BCUT2D eigenvalue weighted by molar-refractivity contribution is 6.04. The molecule has 1 aliphatic heterocycles. The van der Waals surface area contributed by atoms with E-state index in [-0.39, 0.29) is 24.7 Å². The van der Waals surface area contributed by atoms with Gasteiger partial charge in [-0.25, -0.2) is 4.79 Å². The molecule has 7 nitrogen and oxygen atoms in total. The second-order valence-electron chi connectivity index (χ2n) is 4.15. The summed E-state index contributed by atoms with van der Waals surface area (Å²) in [6, 6.07) is 4.32. The number of rotatable bonds is 5. The normalized spacial score (nSPS) is 17.8. The Kier molecular flexibility index (Phi) is 4.07. The van der Waals surface area contributed by atoms with Crippen molar-refractivity contribution in [3.05, 3.63) is 30.1 Å². The monoisotopic (exact) mass is 262 g/mol. The van der Waals surface area contributed by atoms with Crippen LogP contribution in [0.4, 0.5) is 4.79 Å². The van der Waals surface area contributed by atoms with E-state index in [1.165, 1.54) is 0 Å². The second kappa shape index (κ2) is 5.94. The molecule has 100 valence electrons. The summed E-state index contributed by atoms with van der Waals surface area (Å²) in [4.78, 5) is 37.8. The quantitative estimate of drug-likeness (QED) is 0.633.